The minimum absolute atomic E-state index is 0.0346. The maximum Gasteiger partial charge on any atom is 0.227 e. The summed E-state index contributed by atoms with van der Waals surface area (Å²) < 4.78 is 5.22. The van der Waals surface area contributed by atoms with E-state index in [9.17, 15) is 4.79 Å². The van der Waals surface area contributed by atoms with Gasteiger partial charge in [0.25, 0.3) is 0 Å². The van der Waals surface area contributed by atoms with Crippen molar-refractivity contribution in [2.75, 3.05) is 13.7 Å². The molecule has 0 saturated heterocycles. The second-order valence-corrected chi connectivity index (χ2v) is 4.07. The van der Waals surface area contributed by atoms with E-state index in [1.807, 2.05) is 19.1 Å². The maximum atomic E-state index is 11.9. The molecular formula is C13H17NO2. The van der Waals surface area contributed by atoms with Crippen LogP contribution in [0, 0.1) is 0 Å². The average Bonchev–Trinajstić information content (AvgIpc) is 2.46. The molecule has 1 aromatic carbocycles. The molecule has 0 spiro atoms. The first-order valence-corrected chi connectivity index (χ1v) is 5.70. The quantitative estimate of drug-likeness (QED) is 0.824. The van der Waals surface area contributed by atoms with E-state index in [-0.39, 0.29) is 11.8 Å². The Bertz CT molecular complexity index is 401. The Labute approximate surface area is 95.8 Å². The second kappa shape index (κ2) is 4.56. The number of nitrogens with one attached hydrogen (secondary N) is 1. The summed E-state index contributed by atoms with van der Waals surface area (Å²) in [5.74, 6) is 0.925. The van der Waals surface area contributed by atoms with Gasteiger partial charge in [0.05, 0.1) is 13.0 Å². The second-order valence-electron chi connectivity index (χ2n) is 4.07. The Balaban J connectivity index is 2.46. The molecule has 1 aromatic rings. The molecule has 1 atom stereocenters. The van der Waals surface area contributed by atoms with E-state index in [1.54, 1.807) is 7.11 Å². The van der Waals surface area contributed by atoms with Crippen molar-refractivity contribution in [1.29, 1.82) is 0 Å². The number of amides is 1. The fraction of sp³-hybridized carbons (Fsp3) is 0.462. The topological polar surface area (TPSA) is 38.3 Å². The highest BCUT2D eigenvalue weighted by molar-refractivity contribution is 5.84. The zero-order chi connectivity index (χ0) is 11.5. The first-order valence-electron chi connectivity index (χ1n) is 5.70. The van der Waals surface area contributed by atoms with Crippen LogP contribution in [-0.4, -0.2) is 19.6 Å². The molecule has 2 rings (SSSR count). The molecule has 3 nitrogen and oxygen atoms in total. The smallest absolute Gasteiger partial charge is 0.227 e. The van der Waals surface area contributed by atoms with Crippen LogP contribution in [0.2, 0.25) is 0 Å². The molecule has 16 heavy (non-hydrogen) atoms. The fourth-order valence-electron chi connectivity index (χ4n) is 2.24. The third-order valence-corrected chi connectivity index (χ3v) is 3.15. The van der Waals surface area contributed by atoms with Crippen molar-refractivity contribution in [2.24, 2.45) is 0 Å². The summed E-state index contributed by atoms with van der Waals surface area (Å²) in [6.07, 6.45) is 1.73. The van der Waals surface area contributed by atoms with Crippen LogP contribution in [-0.2, 0) is 11.2 Å². The summed E-state index contributed by atoms with van der Waals surface area (Å²) in [5, 5.41) is 2.95. The molecule has 86 valence electrons. The van der Waals surface area contributed by atoms with E-state index in [1.165, 1.54) is 5.56 Å². The van der Waals surface area contributed by atoms with Gasteiger partial charge in [0.1, 0.15) is 5.75 Å². The molecular weight excluding hydrogens is 202 g/mol. The Hall–Kier alpha value is -1.51. The van der Waals surface area contributed by atoms with E-state index < -0.39 is 0 Å². The van der Waals surface area contributed by atoms with E-state index in [0.717, 1.165) is 30.7 Å². The van der Waals surface area contributed by atoms with Crippen LogP contribution in [0.1, 0.15) is 30.4 Å². The Morgan fingerprint density at radius 3 is 3.00 bits per heavy atom. The molecule has 1 heterocycles. The number of rotatable bonds is 2. The molecule has 0 aliphatic carbocycles. The van der Waals surface area contributed by atoms with Gasteiger partial charge in [-0.25, -0.2) is 0 Å². The van der Waals surface area contributed by atoms with Gasteiger partial charge in [-0.3, -0.25) is 4.79 Å². The number of methoxy groups -OCH3 is 1. The van der Waals surface area contributed by atoms with Crippen molar-refractivity contribution >= 4 is 5.91 Å². The van der Waals surface area contributed by atoms with Crippen molar-refractivity contribution in [3.63, 3.8) is 0 Å². The number of fused-ring (bicyclic) bond motifs is 1. The van der Waals surface area contributed by atoms with E-state index >= 15 is 0 Å². The molecule has 1 amide bonds. The van der Waals surface area contributed by atoms with Crippen molar-refractivity contribution in [3.05, 3.63) is 29.3 Å². The predicted molar refractivity (Wildman–Crippen MR) is 62.7 cm³/mol. The molecule has 3 heteroatoms. The molecule has 1 aliphatic rings. The van der Waals surface area contributed by atoms with E-state index in [2.05, 4.69) is 11.4 Å². The van der Waals surface area contributed by atoms with Crippen LogP contribution in [0.4, 0.5) is 0 Å². The molecule has 0 aromatic heterocycles. The molecule has 0 radical (unpaired) electrons. The summed E-state index contributed by atoms with van der Waals surface area (Å²) in [6, 6.07) is 6.02. The SMILES string of the molecule is CCC1C(=O)NCCc2ccc(OC)cc21. The Morgan fingerprint density at radius 2 is 2.31 bits per heavy atom. The van der Waals surface area contributed by atoms with Crippen LogP contribution >= 0.6 is 0 Å². The summed E-state index contributed by atoms with van der Waals surface area (Å²) in [6.45, 7) is 2.77. The van der Waals surface area contributed by atoms with Crippen LogP contribution in [0.15, 0.2) is 18.2 Å². The Morgan fingerprint density at radius 1 is 1.50 bits per heavy atom. The van der Waals surface area contributed by atoms with Crippen molar-refractivity contribution < 1.29 is 9.53 Å². The average molecular weight is 219 g/mol. The monoisotopic (exact) mass is 219 g/mol. The lowest BCUT2D eigenvalue weighted by molar-refractivity contribution is -0.122. The van der Waals surface area contributed by atoms with E-state index in [0.29, 0.717) is 0 Å². The highest BCUT2D eigenvalue weighted by Gasteiger charge is 2.24. The predicted octanol–water partition coefficient (Wildman–Crippen LogP) is 1.86. The number of benzene rings is 1. The Kier molecular flexibility index (Phi) is 3.13. The summed E-state index contributed by atoms with van der Waals surface area (Å²) in [7, 11) is 1.65. The lowest BCUT2D eigenvalue weighted by Gasteiger charge is -2.15. The molecule has 1 N–H and O–H groups in total. The van der Waals surface area contributed by atoms with Crippen LogP contribution in [0.25, 0.3) is 0 Å². The molecule has 1 unspecified atom stereocenters. The number of hydrogen-bond acceptors (Lipinski definition) is 2. The van der Waals surface area contributed by atoms with Crippen molar-refractivity contribution in [3.8, 4) is 5.75 Å². The zero-order valence-corrected chi connectivity index (χ0v) is 9.75. The van der Waals surface area contributed by atoms with Gasteiger partial charge in [-0.15, -0.1) is 0 Å². The van der Waals surface area contributed by atoms with Gasteiger partial charge in [-0.2, -0.15) is 0 Å². The third-order valence-electron chi connectivity index (χ3n) is 3.15. The van der Waals surface area contributed by atoms with Crippen LogP contribution in [0.5, 0.6) is 5.75 Å². The van der Waals surface area contributed by atoms with E-state index in [4.69, 9.17) is 4.74 Å². The maximum absolute atomic E-state index is 11.9. The number of ether oxygens (including phenoxy) is 1. The van der Waals surface area contributed by atoms with Crippen LogP contribution in [0.3, 0.4) is 0 Å². The minimum Gasteiger partial charge on any atom is -0.497 e. The molecule has 1 aliphatic heterocycles. The van der Waals surface area contributed by atoms with Gasteiger partial charge in [-0.05, 0) is 36.1 Å². The lowest BCUT2D eigenvalue weighted by atomic mass is 9.91. The van der Waals surface area contributed by atoms with Gasteiger partial charge >= 0.3 is 0 Å². The first-order chi connectivity index (χ1) is 7.76. The van der Waals surface area contributed by atoms with Crippen molar-refractivity contribution in [1.82, 2.24) is 5.32 Å². The number of carbonyl (C=O) groups is 1. The zero-order valence-electron chi connectivity index (χ0n) is 9.75. The normalized spacial score (nSPS) is 19.6. The minimum atomic E-state index is -0.0346. The fourth-order valence-corrected chi connectivity index (χ4v) is 2.24. The summed E-state index contributed by atoms with van der Waals surface area (Å²) >= 11 is 0. The molecule has 0 saturated carbocycles. The summed E-state index contributed by atoms with van der Waals surface area (Å²) in [4.78, 5) is 11.9. The van der Waals surface area contributed by atoms with Gasteiger partial charge in [0.2, 0.25) is 5.91 Å². The first kappa shape index (κ1) is 11.0. The lowest BCUT2D eigenvalue weighted by Crippen LogP contribution is -2.27. The standard InChI is InChI=1S/C13H17NO2/c1-3-11-12-8-10(16-2)5-4-9(12)6-7-14-13(11)15/h4-5,8,11H,3,6-7H2,1-2H3,(H,14,15). The number of hydrogen-bond donors (Lipinski definition) is 1. The summed E-state index contributed by atoms with van der Waals surface area (Å²) in [5.41, 5.74) is 2.38. The third kappa shape index (κ3) is 1.90. The largest absolute Gasteiger partial charge is 0.497 e. The van der Waals surface area contributed by atoms with Crippen LogP contribution < -0.4 is 10.1 Å². The highest BCUT2D eigenvalue weighted by Crippen LogP contribution is 2.29. The highest BCUT2D eigenvalue weighted by atomic mass is 16.5. The van der Waals surface area contributed by atoms with Gasteiger partial charge in [0.15, 0.2) is 0 Å². The molecule has 0 bridgehead atoms. The van der Waals surface area contributed by atoms with Crippen molar-refractivity contribution in [2.45, 2.75) is 25.7 Å². The molecule has 0 fully saturated rings. The van der Waals surface area contributed by atoms with Gasteiger partial charge in [-0.1, -0.05) is 13.0 Å². The number of carbonyl (C=O) groups excluding carboxylic acids is 1. The van der Waals surface area contributed by atoms with Gasteiger partial charge in [0, 0.05) is 6.54 Å². The van der Waals surface area contributed by atoms with Gasteiger partial charge < -0.3 is 10.1 Å².